The van der Waals surface area contributed by atoms with Crippen LogP contribution in [-0.2, 0) is 9.53 Å². The van der Waals surface area contributed by atoms with Crippen molar-refractivity contribution in [2.24, 2.45) is 11.8 Å². The lowest BCUT2D eigenvalue weighted by Crippen LogP contribution is -2.32. The fraction of sp³-hybridized carbons (Fsp3) is 0.333. The second kappa shape index (κ2) is 7.20. The zero-order valence-electron chi connectivity index (χ0n) is 17.3. The van der Waals surface area contributed by atoms with Gasteiger partial charge in [0.15, 0.2) is 17.3 Å². The molecule has 6 nitrogen and oxygen atoms in total. The molecule has 2 aliphatic carbocycles. The number of hydrogen-bond donors (Lipinski definition) is 0. The van der Waals surface area contributed by atoms with Crippen LogP contribution >= 0.6 is 0 Å². The summed E-state index contributed by atoms with van der Waals surface area (Å²) < 4.78 is 11.0. The topological polar surface area (TPSA) is 86.7 Å². The van der Waals surface area contributed by atoms with Gasteiger partial charge in [0.05, 0.1) is 18.6 Å². The molecule has 0 amide bonds. The molecule has 0 spiro atoms. The Morgan fingerprint density at radius 1 is 0.967 bits per heavy atom. The molecule has 4 rings (SSSR count). The number of Topliss-reactive ketones (excluding diaryl/α,β-unsaturated/α-hetero) is 1. The van der Waals surface area contributed by atoms with E-state index in [1.165, 1.54) is 7.11 Å². The highest BCUT2D eigenvalue weighted by molar-refractivity contribution is 6.32. The molecule has 0 saturated carbocycles. The van der Waals surface area contributed by atoms with E-state index in [4.69, 9.17) is 9.47 Å². The average molecular weight is 406 g/mol. The van der Waals surface area contributed by atoms with Crippen LogP contribution in [0.25, 0.3) is 0 Å². The summed E-state index contributed by atoms with van der Waals surface area (Å²) in [6.07, 6.45) is -0.515. The molecule has 30 heavy (non-hydrogen) atoms. The SMILES string of the molecule is COc1cccc2c1C(=O)c1ccc3c(c1C2=O)C(=O)C[C@@H](C)[C@@H]3OC(=O)C(C)C. The first kappa shape index (κ1) is 20.0. The predicted molar refractivity (Wildman–Crippen MR) is 108 cm³/mol. The van der Waals surface area contributed by atoms with Gasteiger partial charge in [-0.05, 0) is 12.1 Å². The molecule has 0 radical (unpaired) electrons. The zero-order valence-corrected chi connectivity index (χ0v) is 17.3. The van der Waals surface area contributed by atoms with Gasteiger partial charge in [-0.25, -0.2) is 0 Å². The third-order valence-electron chi connectivity index (χ3n) is 5.75. The van der Waals surface area contributed by atoms with Gasteiger partial charge < -0.3 is 9.47 Å². The summed E-state index contributed by atoms with van der Waals surface area (Å²) in [7, 11) is 1.44. The van der Waals surface area contributed by atoms with Crippen LogP contribution in [0.15, 0.2) is 30.3 Å². The Labute approximate surface area is 174 Å². The predicted octanol–water partition coefficient (Wildman–Crippen LogP) is 3.93. The lowest BCUT2D eigenvalue weighted by atomic mass is 9.73. The van der Waals surface area contributed by atoms with Gasteiger partial charge in [-0.2, -0.15) is 0 Å². The maximum absolute atomic E-state index is 13.4. The number of ether oxygens (including phenoxy) is 2. The largest absolute Gasteiger partial charge is 0.496 e. The first-order valence-electron chi connectivity index (χ1n) is 9.93. The Balaban J connectivity index is 1.91. The number of rotatable bonds is 3. The Morgan fingerprint density at radius 3 is 2.30 bits per heavy atom. The number of benzene rings is 2. The molecule has 2 aromatic carbocycles. The van der Waals surface area contributed by atoms with Crippen LogP contribution in [0, 0.1) is 11.8 Å². The molecule has 0 aliphatic heterocycles. The van der Waals surface area contributed by atoms with Crippen molar-refractivity contribution < 1.29 is 28.7 Å². The summed E-state index contributed by atoms with van der Waals surface area (Å²) in [6, 6.07) is 8.01. The fourth-order valence-corrected chi connectivity index (χ4v) is 4.22. The lowest BCUT2D eigenvalue weighted by molar-refractivity contribution is -0.156. The van der Waals surface area contributed by atoms with Crippen LogP contribution < -0.4 is 4.74 Å². The van der Waals surface area contributed by atoms with Crippen molar-refractivity contribution in [1.82, 2.24) is 0 Å². The fourth-order valence-electron chi connectivity index (χ4n) is 4.22. The van der Waals surface area contributed by atoms with Gasteiger partial charge in [0.1, 0.15) is 11.9 Å². The first-order valence-corrected chi connectivity index (χ1v) is 9.93. The number of carbonyl (C=O) groups is 4. The minimum absolute atomic E-state index is 0.0979. The van der Waals surface area contributed by atoms with Gasteiger partial charge in [-0.1, -0.05) is 39.0 Å². The van der Waals surface area contributed by atoms with Gasteiger partial charge in [0.2, 0.25) is 0 Å². The number of fused-ring (bicyclic) bond motifs is 4. The first-order chi connectivity index (χ1) is 14.3. The Hall–Kier alpha value is -3.28. The molecular formula is C24H22O6. The monoisotopic (exact) mass is 406 g/mol. The van der Waals surface area contributed by atoms with Crippen molar-refractivity contribution in [2.45, 2.75) is 33.3 Å². The molecule has 0 fully saturated rings. The molecule has 0 N–H and O–H groups in total. The number of hydrogen-bond acceptors (Lipinski definition) is 6. The van der Waals surface area contributed by atoms with Gasteiger partial charge in [0.25, 0.3) is 0 Å². The minimum atomic E-state index is -0.646. The van der Waals surface area contributed by atoms with E-state index >= 15 is 0 Å². The number of carbonyl (C=O) groups excluding carboxylic acids is 4. The molecule has 0 heterocycles. The summed E-state index contributed by atoms with van der Waals surface area (Å²) in [5, 5.41) is 0. The van der Waals surface area contributed by atoms with Crippen LogP contribution in [0.5, 0.6) is 5.75 Å². The van der Waals surface area contributed by atoms with Crippen LogP contribution in [0.2, 0.25) is 0 Å². The van der Waals surface area contributed by atoms with Gasteiger partial charge in [0, 0.05) is 40.2 Å². The third kappa shape index (κ3) is 2.86. The number of ketones is 3. The highest BCUT2D eigenvalue weighted by atomic mass is 16.5. The molecule has 0 unspecified atom stereocenters. The average Bonchev–Trinajstić information content (AvgIpc) is 2.73. The molecule has 2 aromatic rings. The Morgan fingerprint density at radius 2 is 1.63 bits per heavy atom. The second-order valence-corrected chi connectivity index (χ2v) is 8.11. The summed E-state index contributed by atoms with van der Waals surface area (Å²) in [6.45, 7) is 5.31. The summed E-state index contributed by atoms with van der Waals surface area (Å²) in [5.74, 6) is -1.58. The highest BCUT2D eigenvalue weighted by Crippen LogP contribution is 2.43. The molecule has 0 bridgehead atoms. The van der Waals surface area contributed by atoms with E-state index in [0.29, 0.717) is 11.3 Å². The lowest BCUT2D eigenvalue weighted by Gasteiger charge is -2.33. The number of methoxy groups -OCH3 is 1. The van der Waals surface area contributed by atoms with Crippen LogP contribution in [-0.4, -0.2) is 30.4 Å². The van der Waals surface area contributed by atoms with Gasteiger partial charge in [-0.3, -0.25) is 19.2 Å². The molecule has 2 atom stereocenters. The molecule has 2 aliphatic rings. The van der Waals surface area contributed by atoms with Crippen LogP contribution in [0.1, 0.15) is 81.1 Å². The Kier molecular flexibility index (Phi) is 4.80. The standard InChI is InChI=1S/C24H22O6/c1-11(2)24(28)30-23-12(3)10-16(25)18-15(23)9-8-14-20(18)22(27)13-6-5-7-17(29-4)19(13)21(14)26/h5-9,11-12,23H,10H2,1-4H3/t12-,23+/m1/s1. The maximum Gasteiger partial charge on any atom is 0.308 e. The van der Waals surface area contributed by atoms with E-state index in [9.17, 15) is 19.2 Å². The van der Waals surface area contributed by atoms with Crippen molar-refractivity contribution in [2.75, 3.05) is 7.11 Å². The quantitative estimate of drug-likeness (QED) is 0.613. The van der Waals surface area contributed by atoms with Crippen molar-refractivity contribution >= 4 is 23.3 Å². The van der Waals surface area contributed by atoms with Crippen LogP contribution in [0.3, 0.4) is 0 Å². The van der Waals surface area contributed by atoms with Gasteiger partial charge in [-0.15, -0.1) is 0 Å². The van der Waals surface area contributed by atoms with Crippen molar-refractivity contribution in [1.29, 1.82) is 0 Å². The van der Waals surface area contributed by atoms with Crippen molar-refractivity contribution in [3.8, 4) is 5.75 Å². The van der Waals surface area contributed by atoms with E-state index < -0.39 is 11.9 Å². The summed E-state index contributed by atoms with van der Waals surface area (Å²) >= 11 is 0. The van der Waals surface area contributed by atoms with Crippen molar-refractivity contribution in [3.05, 3.63) is 63.7 Å². The van der Waals surface area contributed by atoms with Gasteiger partial charge >= 0.3 is 5.97 Å². The Bertz CT molecular complexity index is 1110. The second-order valence-electron chi connectivity index (χ2n) is 8.11. The third-order valence-corrected chi connectivity index (χ3v) is 5.75. The molecule has 0 aromatic heterocycles. The molecular weight excluding hydrogens is 384 g/mol. The summed E-state index contributed by atoms with van der Waals surface area (Å²) in [5.41, 5.74) is 1.37. The normalized spacial score (nSPS) is 19.8. The van der Waals surface area contributed by atoms with E-state index in [-0.39, 0.29) is 63.6 Å². The highest BCUT2D eigenvalue weighted by Gasteiger charge is 2.42. The smallest absolute Gasteiger partial charge is 0.308 e. The van der Waals surface area contributed by atoms with E-state index in [1.54, 1.807) is 44.2 Å². The zero-order chi connectivity index (χ0) is 21.7. The molecule has 154 valence electrons. The van der Waals surface area contributed by atoms with E-state index in [0.717, 1.165) is 0 Å². The maximum atomic E-state index is 13.4. The summed E-state index contributed by atoms with van der Waals surface area (Å²) in [4.78, 5) is 51.8. The van der Waals surface area contributed by atoms with E-state index in [1.807, 2.05) is 6.92 Å². The van der Waals surface area contributed by atoms with Crippen molar-refractivity contribution in [3.63, 3.8) is 0 Å². The number of esters is 1. The molecule has 6 heteroatoms. The molecule has 0 saturated heterocycles. The van der Waals surface area contributed by atoms with E-state index in [2.05, 4.69) is 0 Å². The van der Waals surface area contributed by atoms with Crippen LogP contribution in [0.4, 0.5) is 0 Å². The minimum Gasteiger partial charge on any atom is -0.496 e.